The topological polar surface area (TPSA) is 75.6 Å². The number of nitrogens with one attached hydrogen (secondary N) is 1. The number of carbonyl (C=O) groups excluding carboxylic acids is 1. The number of carbonyl (C=O) groups is 2. The number of amides is 1. The van der Waals surface area contributed by atoms with Crippen molar-refractivity contribution < 1.29 is 32.6 Å². The monoisotopic (exact) mass is 443 g/mol. The molecule has 2 rings (SSSR count). The van der Waals surface area contributed by atoms with Crippen LogP contribution >= 0.6 is 15.9 Å². The summed E-state index contributed by atoms with van der Waals surface area (Å²) in [6.45, 7) is 0.0952. The summed E-state index contributed by atoms with van der Waals surface area (Å²) in [5.41, 5.74) is 1.40. The van der Waals surface area contributed by atoms with Crippen molar-refractivity contribution in [3.63, 3.8) is 0 Å². The molecule has 0 aliphatic heterocycles. The van der Waals surface area contributed by atoms with Crippen LogP contribution in [0.25, 0.3) is 6.08 Å². The molecule has 9 heteroatoms. The van der Waals surface area contributed by atoms with Gasteiger partial charge in [-0.15, -0.1) is 13.2 Å². The van der Waals surface area contributed by atoms with Crippen molar-refractivity contribution in [2.24, 2.45) is 0 Å². The maximum absolute atomic E-state index is 12.3. The number of hydrogen-bond acceptors (Lipinski definition) is 3. The molecule has 0 atom stereocenters. The van der Waals surface area contributed by atoms with E-state index in [1.165, 1.54) is 24.3 Å². The van der Waals surface area contributed by atoms with Crippen molar-refractivity contribution in [1.82, 2.24) is 5.32 Å². The molecule has 0 aromatic heterocycles. The van der Waals surface area contributed by atoms with Crippen LogP contribution in [0.4, 0.5) is 13.2 Å². The van der Waals surface area contributed by atoms with Crippen LogP contribution in [0.15, 0.2) is 53.0 Å². The van der Waals surface area contributed by atoms with Gasteiger partial charge in [0.2, 0.25) is 0 Å². The lowest BCUT2D eigenvalue weighted by Gasteiger charge is -2.10. The van der Waals surface area contributed by atoms with Crippen molar-refractivity contribution >= 4 is 33.9 Å². The Hall–Kier alpha value is -2.81. The average Bonchev–Trinajstić information content (AvgIpc) is 2.57. The molecule has 0 unspecified atom stereocenters. The zero-order chi connectivity index (χ0) is 20.0. The van der Waals surface area contributed by atoms with Gasteiger partial charge < -0.3 is 15.2 Å². The molecule has 0 aliphatic carbocycles. The SMILES string of the molecule is O=C(O)/C=C/c1cc(Br)cc(C(=O)NCc2ccc(OC(F)(F)F)cc2)c1. The normalized spacial score (nSPS) is 11.4. The standard InChI is InChI=1S/C18H13BrF3NO4/c19-14-8-12(3-6-16(24)25)7-13(9-14)17(26)23-10-11-1-4-15(5-2-11)27-18(20,21)22/h1-9H,10H2,(H,23,26)(H,24,25)/b6-3+. The van der Waals surface area contributed by atoms with Crippen LogP contribution in [-0.4, -0.2) is 23.3 Å². The molecular weight excluding hydrogens is 431 g/mol. The van der Waals surface area contributed by atoms with Gasteiger partial charge in [-0.25, -0.2) is 4.79 Å². The van der Waals surface area contributed by atoms with Gasteiger partial charge in [0.1, 0.15) is 5.75 Å². The van der Waals surface area contributed by atoms with E-state index >= 15 is 0 Å². The number of carboxylic acids is 1. The molecule has 0 radical (unpaired) electrons. The number of hydrogen-bond donors (Lipinski definition) is 2. The fourth-order valence-corrected chi connectivity index (χ4v) is 2.61. The van der Waals surface area contributed by atoms with Crippen molar-refractivity contribution in [3.8, 4) is 5.75 Å². The Labute approximate surface area is 160 Å². The Kier molecular flexibility index (Phi) is 6.62. The molecule has 2 aromatic rings. The molecule has 0 saturated heterocycles. The first kappa shape index (κ1) is 20.5. The number of alkyl halides is 3. The molecule has 1 amide bonds. The molecule has 0 saturated carbocycles. The summed E-state index contributed by atoms with van der Waals surface area (Å²) < 4.78 is 40.8. The third-order valence-electron chi connectivity index (χ3n) is 3.21. The number of rotatable bonds is 6. The fraction of sp³-hybridized carbons (Fsp3) is 0.111. The smallest absolute Gasteiger partial charge is 0.478 e. The van der Waals surface area contributed by atoms with Crippen LogP contribution < -0.4 is 10.1 Å². The van der Waals surface area contributed by atoms with Gasteiger partial charge in [-0.05, 0) is 47.5 Å². The number of benzene rings is 2. The molecule has 0 aliphatic rings. The van der Waals surface area contributed by atoms with Gasteiger partial charge in [0, 0.05) is 22.7 Å². The molecule has 5 nitrogen and oxygen atoms in total. The fourth-order valence-electron chi connectivity index (χ4n) is 2.10. The van der Waals surface area contributed by atoms with Gasteiger partial charge in [0.15, 0.2) is 0 Å². The molecule has 0 heterocycles. The Bertz CT molecular complexity index is 864. The molecule has 2 N–H and O–H groups in total. The molecule has 0 spiro atoms. The second-order valence-corrected chi connectivity index (χ2v) is 6.23. The van der Waals surface area contributed by atoms with Crippen molar-refractivity contribution in [2.75, 3.05) is 0 Å². The number of carboxylic acid groups (broad SMARTS) is 1. The predicted octanol–water partition coefficient (Wildman–Crippen LogP) is 4.38. The summed E-state index contributed by atoms with van der Waals surface area (Å²) in [6.07, 6.45) is -2.46. The van der Waals surface area contributed by atoms with E-state index in [1.807, 2.05) is 0 Å². The highest BCUT2D eigenvalue weighted by Gasteiger charge is 2.30. The third-order valence-corrected chi connectivity index (χ3v) is 3.67. The first-order valence-electron chi connectivity index (χ1n) is 7.47. The van der Waals surface area contributed by atoms with Gasteiger partial charge in [-0.3, -0.25) is 4.79 Å². The first-order valence-corrected chi connectivity index (χ1v) is 8.26. The van der Waals surface area contributed by atoms with Crippen molar-refractivity contribution in [1.29, 1.82) is 0 Å². The first-order chi connectivity index (χ1) is 12.6. The van der Waals surface area contributed by atoms with E-state index in [2.05, 4.69) is 26.0 Å². The van der Waals surface area contributed by atoms with Crippen molar-refractivity contribution in [2.45, 2.75) is 12.9 Å². The van der Waals surface area contributed by atoms with Gasteiger partial charge >= 0.3 is 12.3 Å². The minimum atomic E-state index is -4.76. The van der Waals surface area contributed by atoms with Crippen molar-refractivity contribution in [3.05, 3.63) is 69.7 Å². The lowest BCUT2D eigenvalue weighted by molar-refractivity contribution is -0.274. The molecule has 27 heavy (non-hydrogen) atoms. The summed E-state index contributed by atoms with van der Waals surface area (Å²) in [7, 11) is 0. The Morgan fingerprint density at radius 2 is 1.81 bits per heavy atom. The Morgan fingerprint density at radius 3 is 2.41 bits per heavy atom. The Balaban J connectivity index is 2.02. The van der Waals surface area contributed by atoms with Crippen LogP contribution in [0.5, 0.6) is 5.75 Å². The van der Waals surface area contributed by atoms with Crippen LogP contribution in [0.3, 0.4) is 0 Å². The quantitative estimate of drug-likeness (QED) is 0.649. The largest absolute Gasteiger partial charge is 0.573 e. The van der Waals surface area contributed by atoms with Crippen LogP contribution in [0, 0.1) is 0 Å². The lowest BCUT2D eigenvalue weighted by atomic mass is 10.1. The second-order valence-electron chi connectivity index (χ2n) is 5.32. The summed E-state index contributed by atoms with van der Waals surface area (Å²) in [6, 6.07) is 9.85. The summed E-state index contributed by atoms with van der Waals surface area (Å²) in [5, 5.41) is 11.3. The highest BCUT2D eigenvalue weighted by atomic mass is 79.9. The summed E-state index contributed by atoms with van der Waals surface area (Å²) in [5.74, 6) is -1.88. The zero-order valence-corrected chi connectivity index (χ0v) is 15.2. The number of halogens is 4. The molecular formula is C18H13BrF3NO4. The highest BCUT2D eigenvalue weighted by Crippen LogP contribution is 2.23. The second kappa shape index (κ2) is 8.72. The highest BCUT2D eigenvalue weighted by molar-refractivity contribution is 9.10. The van der Waals surface area contributed by atoms with E-state index < -0.39 is 18.2 Å². The van der Waals surface area contributed by atoms with Crippen LogP contribution in [-0.2, 0) is 11.3 Å². The molecule has 0 fully saturated rings. The molecule has 0 bridgehead atoms. The molecule has 2 aromatic carbocycles. The maximum Gasteiger partial charge on any atom is 0.573 e. The van der Waals surface area contributed by atoms with Gasteiger partial charge in [-0.1, -0.05) is 28.1 Å². The lowest BCUT2D eigenvalue weighted by Crippen LogP contribution is -2.23. The van der Waals surface area contributed by atoms with E-state index in [9.17, 15) is 22.8 Å². The van der Waals surface area contributed by atoms with E-state index in [0.717, 1.165) is 18.2 Å². The zero-order valence-electron chi connectivity index (χ0n) is 13.6. The predicted molar refractivity (Wildman–Crippen MR) is 95.1 cm³/mol. The summed E-state index contributed by atoms with van der Waals surface area (Å²) in [4.78, 5) is 22.9. The maximum atomic E-state index is 12.3. The van der Waals surface area contributed by atoms with Crippen LogP contribution in [0.1, 0.15) is 21.5 Å². The van der Waals surface area contributed by atoms with E-state index in [4.69, 9.17) is 5.11 Å². The van der Waals surface area contributed by atoms with E-state index in [0.29, 0.717) is 21.2 Å². The minimum Gasteiger partial charge on any atom is -0.478 e. The van der Waals surface area contributed by atoms with E-state index in [1.54, 1.807) is 12.1 Å². The average molecular weight is 444 g/mol. The number of ether oxygens (including phenoxy) is 1. The van der Waals surface area contributed by atoms with Gasteiger partial charge in [0.05, 0.1) is 0 Å². The minimum absolute atomic E-state index is 0.0952. The van der Waals surface area contributed by atoms with Gasteiger partial charge in [-0.2, -0.15) is 0 Å². The molecule has 142 valence electrons. The van der Waals surface area contributed by atoms with Crippen LogP contribution in [0.2, 0.25) is 0 Å². The van der Waals surface area contributed by atoms with Gasteiger partial charge in [0.25, 0.3) is 5.91 Å². The summed E-state index contributed by atoms with van der Waals surface area (Å²) >= 11 is 3.25. The number of aliphatic carboxylic acids is 1. The third kappa shape index (κ3) is 7.14. The van der Waals surface area contributed by atoms with E-state index in [-0.39, 0.29) is 12.3 Å². The Morgan fingerprint density at radius 1 is 1.15 bits per heavy atom.